The van der Waals surface area contributed by atoms with E-state index in [2.05, 4.69) is 16.9 Å². The SMILES string of the molecule is CCCCN(Cc1cc2cccc(C)c2[nH]c1=O)C(=O)c1ccncc1. The van der Waals surface area contributed by atoms with Crippen molar-refractivity contribution in [1.82, 2.24) is 14.9 Å². The van der Waals surface area contributed by atoms with Gasteiger partial charge < -0.3 is 9.88 Å². The number of nitrogens with zero attached hydrogens (tertiary/aromatic N) is 2. The molecule has 5 heteroatoms. The van der Waals surface area contributed by atoms with Crippen LogP contribution >= 0.6 is 0 Å². The number of aromatic amines is 1. The predicted octanol–water partition coefficient (Wildman–Crippen LogP) is 3.67. The minimum absolute atomic E-state index is 0.0791. The Labute approximate surface area is 152 Å². The first-order valence-electron chi connectivity index (χ1n) is 8.91. The number of benzene rings is 1. The number of nitrogens with one attached hydrogen (secondary N) is 1. The maximum atomic E-state index is 12.9. The first-order valence-corrected chi connectivity index (χ1v) is 8.91. The molecule has 26 heavy (non-hydrogen) atoms. The summed E-state index contributed by atoms with van der Waals surface area (Å²) >= 11 is 0. The highest BCUT2D eigenvalue weighted by Gasteiger charge is 2.17. The van der Waals surface area contributed by atoms with Gasteiger partial charge in [-0.3, -0.25) is 14.6 Å². The molecule has 0 spiro atoms. The van der Waals surface area contributed by atoms with Crippen molar-refractivity contribution in [2.24, 2.45) is 0 Å². The third-order valence-electron chi connectivity index (χ3n) is 4.52. The molecule has 0 aliphatic heterocycles. The second-order valence-corrected chi connectivity index (χ2v) is 6.48. The Kier molecular flexibility index (Phi) is 5.46. The number of carbonyl (C=O) groups excluding carboxylic acids is 1. The van der Waals surface area contributed by atoms with E-state index in [1.165, 1.54) is 0 Å². The summed E-state index contributed by atoms with van der Waals surface area (Å²) < 4.78 is 0. The van der Waals surface area contributed by atoms with Crippen molar-refractivity contribution in [3.8, 4) is 0 Å². The Morgan fingerprint density at radius 3 is 2.69 bits per heavy atom. The number of unbranched alkanes of at least 4 members (excludes halogenated alkanes) is 1. The number of hydrogen-bond acceptors (Lipinski definition) is 3. The van der Waals surface area contributed by atoms with Gasteiger partial charge >= 0.3 is 0 Å². The molecule has 0 saturated carbocycles. The van der Waals surface area contributed by atoms with Gasteiger partial charge in [0.25, 0.3) is 11.5 Å². The van der Waals surface area contributed by atoms with Crippen LogP contribution in [0.4, 0.5) is 0 Å². The maximum absolute atomic E-state index is 12.9. The van der Waals surface area contributed by atoms with Gasteiger partial charge in [-0.1, -0.05) is 31.5 Å². The van der Waals surface area contributed by atoms with E-state index in [4.69, 9.17) is 0 Å². The lowest BCUT2D eigenvalue weighted by atomic mass is 10.1. The van der Waals surface area contributed by atoms with Gasteiger partial charge in [0, 0.05) is 30.1 Å². The molecule has 2 heterocycles. The third-order valence-corrected chi connectivity index (χ3v) is 4.52. The van der Waals surface area contributed by atoms with E-state index in [0.29, 0.717) is 24.2 Å². The van der Waals surface area contributed by atoms with Gasteiger partial charge in [-0.25, -0.2) is 0 Å². The molecule has 0 radical (unpaired) electrons. The molecule has 0 bridgehead atoms. The molecule has 0 aliphatic carbocycles. The summed E-state index contributed by atoms with van der Waals surface area (Å²) in [5, 5.41) is 0.978. The van der Waals surface area contributed by atoms with E-state index in [0.717, 1.165) is 29.3 Å². The average molecular weight is 349 g/mol. The number of fused-ring (bicyclic) bond motifs is 1. The second-order valence-electron chi connectivity index (χ2n) is 6.48. The smallest absolute Gasteiger partial charge is 0.254 e. The third kappa shape index (κ3) is 3.82. The number of hydrogen-bond donors (Lipinski definition) is 1. The van der Waals surface area contributed by atoms with Gasteiger partial charge in [-0.2, -0.15) is 0 Å². The van der Waals surface area contributed by atoms with Crippen LogP contribution in [0, 0.1) is 6.92 Å². The Morgan fingerprint density at radius 1 is 1.19 bits per heavy atom. The molecule has 1 amide bonds. The largest absolute Gasteiger partial charge is 0.334 e. The number of aryl methyl sites for hydroxylation is 1. The first-order chi connectivity index (χ1) is 12.6. The minimum atomic E-state index is -0.143. The molecule has 5 nitrogen and oxygen atoms in total. The van der Waals surface area contributed by atoms with E-state index >= 15 is 0 Å². The molecule has 2 aromatic heterocycles. The molecule has 1 aromatic carbocycles. The number of H-pyrrole nitrogens is 1. The van der Waals surface area contributed by atoms with Crippen LogP contribution in [0.2, 0.25) is 0 Å². The number of pyridine rings is 2. The molecule has 0 atom stereocenters. The van der Waals surface area contributed by atoms with E-state index in [-0.39, 0.29) is 11.5 Å². The van der Waals surface area contributed by atoms with Crippen LogP contribution in [0.15, 0.2) is 53.6 Å². The molecule has 0 unspecified atom stereocenters. The topological polar surface area (TPSA) is 66.1 Å². The van der Waals surface area contributed by atoms with Crippen molar-refractivity contribution in [3.63, 3.8) is 0 Å². The number of para-hydroxylation sites is 1. The lowest BCUT2D eigenvalue weighted by Crippen LogP contribution is -2.33. The minimum Gasteiger partial charge on any atom is -0.334 e. The first kappa shape index (κ1) is 17.9. The number of carbonyl (C=O) groups is 1. The van der Waals surface area contributed by atoms with Gasteiger partial charge in [0.05, 0.1) is 12.1 Å². The fourth-order valence-corrected chi connectivity index (χ4v) is 3.03. The van der Waals surface area contributed by atoms with Crippen LogP contribution in [-0.4, -0.2) is 27.3 Å². The van der Waals surface area contributed by atoms with Crippen LogP contribution in [0.1, 0.15) is 41.3 Å². The van der Waals surface area contributed by atoms with Crippen LogP contribution < -0.4 is 5.56 Å². The fraction of sp³-hybridized carbons (Fsp3) is 0.286. The van der Waals surface area contributed by atoms with Crippen molar-refractivity contribution in [1.29, 1.82) is 0 Å². The zero-order valence-electron chi connectivity index (χ0n) is 15.2. The molecule has 1 N–H and O–H groups in total. The molecule has 0 aliphatic rings. The van der Waals surface area contributed by atoms with Crippen LogP contribution in [0.3, 0.4) is 0 Å². The zero-order valence-corrected chi connectivity index (χ0v) is 15.2. The molecular weight excluding hydrogens is 326 g/mol. The summed E-state index contributed by atoms with van der Waals surface area (Å²) in [6.07, 6.45) is 5.09. The molecule has 0 fully saturated rings. The predicted molar refractivity (Wildman–Crippen MR) is 103 cm³/mol. The maximum Gasteiger partial charge on any atom is 0.254 e. The average Bonchev–Trinajstić information content (AvgIpc) is 2.66. The van der Waals surface area contributed by atoms with Crippen LogP contribution in [-0.2, 0) is 6.54 Å². The van der Waals surface area contributed by atoms with Gasteiger partial charge in [0.1, 0.15) is 0 Å². The molecule has 134 valence electrons. The van der Waals surface area contributed by atoms with Gasteiger partial charge in [-0.15, -0.1) is 0 Å². The highest BCUT2D eigenvalue weighted by molar-refractivity contribution is 5.94. The lowest BCUT2D eigenvalue weighted by Gasteiger charge is -2.22. The van der Waals surface area contributed by atoms with Crippen LogP contribution in [0.25, 0.3) is 10.9 Å². The van der Waals surface area contributed by atoms with E-state index in [1.807, 2.05) is 31.2 Å². The molecule has 3 aromatic rings. The number of aromatic nitrogens is 2. The second kappa shape index (κ2) is 7.95. The Morgan fingerprint density at radius 2 is 1.96 bits per heavy atom. The molecular formula is C21H23N3O2. The summed E-state index contributed by atoms with van der Waals surface area (Å²) in [4.78, 5) is 34.1. The lowest BCUT2D eigenvalue weighted by molar-refractivity contribution is 0.0740. The van der Waals surface area contributed by atoms with Gasteiger partial charge in [0.15, 0.2) is 0 Å². The molecule has 3 rings (SSSR count). The zero-order chi connectivity index (χ0) is 18.5. The Balaban J connectivity index is 1.94. The standard InChI is InChI=1S/C21H23N3O2/c1-3-4-12-24(21(26)16-8-10-22-11-9-16)14-18-13-17-7-5-6-15(2)19(17)23-20(18)25/h5-11,13H,3-4,12,14H2,1-2H3,(H,23,25). The number of rotatable bonds is 6. The van der Waals surface area contributed by atoms with E-state index in [1.54, 1.807) is 29.4 Å². The normalized spacial score (nSPS) is 10.8. The summed E-state index contributed by atoms with van der Waals surface area (Å²) in [6.45, 7) is 4.96. The van der Waals surface area contributed by atoms with Crippen molar-refractivity contribution < 1.29 is 4.79 Å². The Bertz CT molecular complexity index is 964. The van der Waals surface area contributed by atoms with Gasteiger partial charge in [-0.05, 0) is 42.5 Å². The summed E-state index contributed by atoms with van der Waals surface area (Å²) in [6, 6.07) is 11.2. The number of amides is 1. The van der Waals surface area contributed by atoms with Crippen molar-refractivity contribution >= 4 is 16.8 Å². The monoisotopic (exact) mass is 349 g/mol. The highest BCUT2D eigenvalue weighted by atomic mass is 16.2. The summed E-state index contributed by atoms with van der Waals surface area (Å²) in [5.74, 6) is -0.0791. The van der Waals surface area contributed by atoms with Crippen molar-refractivity contribution in [3.05, 3.63) is 75.8 Å². The fourth-order valence-electron chi connectivity index (χ4n) is 3.03. The van der Waals surface area contributed by atoms with Crippen molar-refractivity contribution in [2.75, 3.05) is 6.54 Å². The van der Waals surface area contributed by atoms with E-state index in [9.17, 15) is 9.59 Å². The quantitative estimate of drug-likeness (QED) is 0.738. The Hall–Kier alpha value is -2.95. The summed E-state index contributed by atoms with van der Waals surface area (Å²) in [7, 11) is 0. The van der Waals surface area contributed by atoms with Gasteiger partial charge in [0.2, 0.25) is 0 Å². The highest BCUT2D eigenvalue weighted by Crippen LogP contribution is 2.16. The van der Waals surface area contributed by atoms with E-state index < -0.39 is 0 Å². The van der Waals surface area contributed by atoms with Crippen LogP contribution in [0.5, 0.6) is 0 Å². The molecule has 0 saturated heterocycles. The summed E-state index contributed by atoms with van der Waals surface area (Å²) in [5.41, 5.74) is 2.92. The van der Waals surface area contributed by atoms with Crippen molar-refractivity contribution in [2.45, 2.75) is 33.2 Å².